The first kappa shape index (κ1) is 7.88. The summed E-state index contributed by atoms with van der Waals surface area (Å²) in [6, 6.07) is 0. The summed E-state index contributed by atoms with van der Waals surface area (Å²) < 4.78 is 3.57. The number of nitrogens with zero attached hydrogens (tertiary/aromatic N) is 4. The van der Waals surface area contributed by atoms with Crippen LogP contribution in [0.2, 0.25) is 0 Å². The lowest BCUT2D eigenvalue weighted by molar-refractivity contribution is -0.117. The fourth-order valence-corrected chi connectivity index (χ4v) is 1.85. The molecule has 0 aliphatic carbocycles. The number of amides is 1. The minimum absolute atomic E-state index is 0.00597. The average Bonchev–Trinajstić information content (AvgIpc) is 2.58. The van der Waals surface area contributed by atoms with Crippen molar-refractivity contribution in [3.63, 3.8) is 0 Å². The topological polar surface area (TPSA) is 59.0 Å². The molecule has 1 aliphatic heterocycles. The molecule has 7 heteroatoms. The average molecular weight is 205 g/mol. The molecule has 0 saturated carbocycles. The first-order valence-electron chi connectivity index (χ1n) is 3.37. The van der Waals surface area contributed by atoms with Crippen LogP contribution in [-0.4, -0.2) is 32.6 Å². The van der Waals surface area contributed by atoms with Crippen LogP contribution < -0.4 is 4.90 Å². The van der Waals surface area contributed by atoms with Crippen LogP contribution in [0.15, 0.2) is 0 Å². The maximum Gasteiger partial charge on any atom is 0.234 e. The van der Waals surface area contributed by atoms with Gasteiger partial charge in [-0.1, -0.05) is 9.59 Å². The number of aromatic nitrogens is 3. The van der Waals surface area contributed by atoms with Gasteiger partial charge in [-0.05, 0) is 5.21 Å². The molecule has 1 atom stereocenters. The second-order valence-corrected chi connectivity index (χ2v) is 3.78. The number of hydrogen-bond acceptors (Lipinski definition) is 5. The van der Waals surface area contributed by atoms with Gasteiger partial charge in [0.1, 0.15) is 0 Å². The molecule has 1 aromatic rings. The Hall–Kier alpha value is -0.750. The zero-order valence-corrected chi connectivity index (χ0v) is 7.55. The van der Waals surface area contributed by atoms with Gasteiger partial charge in [-0.3, -0.25) is 9.69 Å². The molecule has 1 saturated heterocycles. The first-order chi connectivity index (χ1) is 5.77. The van der Waals surface area contributed by atoms with Gasteiger partial charge in [0.2, 0.25) is 11.0 Å². The molecule has 0 radical (unpaired) electrons. The van der Waals surface area contributed by atoms with Crippen LogP contribution in [0.4, 0.5) is 5.13 Å². The van der Waals surface area contributed by atoms with E-state index in [1.807, 2.05) is 0 Å². The van der Waals surface area contributed by atoms with Crippen molar-refractivity contribution in [2.45, 2.75) is 11.8 Å². The lowest BCUT2D eigenvalue weighted by atomic mass is 10.4. The summed E-state index contributed by atoms with van der Waals surface area (Å²) in [5, 5.41) is 7.52. The monoisotopic (exact) mass is 204 g/mol. The zero-order valence-electron chi connectivity index (χ0n) is 5.97. The molecule has 12 heavy (non-hydrogen) atoms. The minimum Gasteiger partial charge on any atom is -0.284 e. The third kappa shape index (κ3) is 1.27. The third-order valence-corrected chi connectivity index (χ3v) is 2.51. The Kier molecular flexibility index (Phi) is 1.93. The van der Waals surface area contributed by atoms with Crippen LogP contribution in [0.5, 0.6) is 0 Å². The van der Waals surface area contributed by atoms with Crippen molar-refractivity contribution in [2.75, 3.05) is 11.4 Å². The summed E-state index contributed by atoms with van der Waals surface area (Å²) >= 11 is 6.89. The highest BCUT2D eigenvalue weighted by atomic mass is 35.5. The summed E-state index contributed by atoms with van der Waals surface area (Å²) in [7, 11) is 0. The summed E-state index contributed by atoms with van der Waals surface area (Å²) in [5.74, 6) is -0.00597. The quantitative estimate of drug-likeness (QED) is 0.617. The number of rotatable bonds is 1. The SMILES string of the molecule is O=C1CC(Cl)CN1c1nnns1. The fourth-order valence-electron chi connectivity index (χ4n) is 1.08. The molecule has 1 aliphatic rings. The van der Waals surface area contributed by atoms with Crippen molar-refractivity contribution >= 4 is 34.2 Å². The van der Waals surface area contributed by atoms with Crippen LogP contribution in [0.3, 0.4) is 0 Å². The van der Waals surface area contributed by atoms with Crippen LogP contribution >= 0.6 is 23.1 Å². The Bertz CT molecular complexity index is 290. The molecule has 1 amide bonds. The Morgan fingerprint density at radius 1 is 1.67 bits per heavy atom. The third-order valence-electron chi connectivity index (χ3n) is 1.60. The smallest absolute Gasteiger partial charge is 0.234 e. The molecule has 1 fully saturated rings. The zero-order chi connectivity index (χ0) is 8.55. The lowest BCUT2D eigenvalue weighted by Crippen LogP contribution is -2.24. The van der Waals surface area contributed by atoms with E-state index in [0.29, 0.717) is 18.1 Å². The molecule has 2 heterocycles. The van der Waals surface area contributed by atoms with Gasteiger partial charge in [0.15, 0.2) is 0 Å². The largest absolute Gasteiger partial charge is 0.284 e. The highest BCUT2D eigenvalue weighted by molar-refractivity contribution is 7.09. The minimum atomic E-state index is -0.110. The predicted molar refractivity (Wildman–Crippen MR) is 44.3 cm³/mol. The normalized spacial score (nSPS) is 23.6. The van der Waals surface area contributed by atoms with E-state index < -0.39 is 0 Å². The van der Waals surface area contributed by atoms with E-state index >= 15 is 0 Å². The van der Waals surface area contributed by atoms with Crippen molar-refractivity contribution in [1.82, 2.24) is 14.8 Å². The molecular formula is C5H5ClN4OS. The molecule has 2 rings (SSSR count). The van der Waals surface area contributed by atoms with Gasteiger partial charge in [-0.2, -0.15) is 0 Å². The molecule has 64 valence electrons. The molecule has 0 aromatic carbocycles. The van der Waals surface area contributed by atoms with E-state index in [4.69, 9.17) is 11.6 Å². The summed E-state index contributed by atoms with van der Waals surface area (Å²) in [5.41, 5.74) is 0. The van der Waals surface area contributed by atoms with E-state index in [2.05, 4.69) is 14.8 Å². The van der Waals surface area contributed by atoms with Crippen molar-refractivity contribution < 1.29 is 4.79 Å². The highest BCUT2D eigenvalue weighted by Crippen LogP contribution is 2.23. The van der Waals surface area contributed by atoms with Gasteiger partial charge in [-0.15, -0.1) is 11.6 Å². The first-order valence-corrected chi connectivity index (χ1v) is 4.58. The number of hydrogen-bond donors (Lipinski definition) is 0. The van der Waals surface area contributed by atoms with E-state index in [9.17, 15) is 4.79 Å². The van der Waals surface area contributed by atoms with Crippen LogP contribution in [0.1, 0.15) is 6.42 Å². The van der Waals surface area contributed by atoms with Gasteiger partial charge in [-0.25, -0.2) is 0 Å². The molecule has 0 bridgehead atoms. The summed E-state index contributed by atoms with van der Waals surface area (Å²) in [4.78, 5) is 12.8. The Morgan fingerprint density at radius 2 is 2.50 bits per heavy atom. The second-order valence-electron chi connectivity index (χ2n) is 2.45. The maximum atomic E-state index is 11.2. The number of carbonyl (C=O) groups excluding carboxylic acids is 1. The fraction of sp³-hybridized carbons (Fsp3) is 0.600. The molecule has 1 unspecified atom stereocenters. The van der Waals surface area contributed by atoms with Crippen molar-refractivity contribution in [3.05, 3.63) is 0 Å². The van der Waals surface area contributed by atoms with Gasteiger partial charge in [0.25, 0.3) is 0 Å². The highest BCUT2D eigenvalue weighted by Gasteiger charge is 2.31. The van der Waals surface area contributed by atoms with Crippen LogP contribution in [0, 0.1) is 0 Å². The molecule has 1 aromatic heterocycles. The van der Waals surface area contributed by atoms with E-state index in [0.717, 1.165) is 11.5 Å². The van der Waals surface area contributed by atoms with Crippen LogP contribution in [-0.2, 0) is 4.79 Å². The number of alkyl halides is 1. The van der Waals surface area contributed by atoms with Gasteiger partial charge in [0, 0.05) is 24.5 Å². The number of halogens is 1. The maximum absolute atomic E-state index is 11.2. The Labute approximate surface area is 77.5 Å². The number of anilines is 1. The number of carbonyl (C=O) groups is 1. The van der Waals surface area contributed by atoms with E-state index in [-0.39, 0.29) is 11.3 Å². The van der Waals surface area contributed by atoms with Gasteiger partial charge in [0.05, 0.1) is 5.38 Å². The van der Waals surface area contributed by atoms with Crippen molar-refractivity contribution in [1.29, 1.82) is 0 Å². The summed E-state index contributed by atoms with van der Waals surface area (Å²) in [6.07, 6.45) is 0.376. The molecular weight excluding hydrogens is 200 g/mol. The van der Waals surface area contributed by atoms with E-state index in [1.54, 1.807) is 0 Å². The van der Waals surface area contributed by atoms with Crippen molar-refractivity contribution in [3.8, 4) is 0 Å². The molecule has 0 spiro atoms. The van der Waals surface area contributed by atoms with Gasteiger partial charge >= 0.3 is 0 Å². The summed E-state index contributed by atoms with van der Waals surface area (Å²) in [6.45, 7) is 0.511. The predicted octanol–water partition coefficient (Wildman–Crippen LogP) is 0.277. The van der Waals surface area contributed by atoms with Crippen molar-refractivity contribution in [2.24, 2.45) is 0 Å². The Balaban J connectivity index is 2.21. The molecule has 5 nitrogen and oxygen atoms in total. The standard InChI is InChI=1S/C5H5ClN4OS/c6-3-1-4(11)10(2-3)5-7-8-9-12-5/h3H,1-2H2. The molecule has 0 N–H and O–H groups in total. The Morgan fingerprint density at radius 3 is 3.00 bits per heavy atom. The van der Waals surface area contributed by atoms with E-state index in [1.165, 1.54) is 4.90 Å². The van der Waals surface area contributed by atoms with Crippen LogP contribution in [0.25, 0.3) is 0 Å². The van der Waals surface area contributed by atoms with Gasteiger partial charge < -0.3 is 0 Å². The second kappa shape index (κ2) is 2.95. The lowest BCUT2D eigenvalue weighted by Gasteiger charge is -2.08.